The number of anilines is 1. The second-order valence-electron chi connectivity index (χ2n) is 5.15. The number of terminal acetylenes is 1. The lowest BCUT2D eigenvalue weighted by Crippen LogP contribution is -2.13. The average Bonchev–Trinajstić information content (AvgIpc) is 2.66. The van der Waals surface area contributed by atoms with Crippen molar-refractivity contribution in [3.05, 3.63) is 59.7 Å². The van der Waals surface area contributed by atoms with Crippen molar-refractivity contribution in [1.82, 2.24) is 0 Å². The summed E-state index contributed by atoms with van der Waals surface area (Å²) < 4.78 is 10.7. The summed E-state index contributed by atoms with van der Waals surface area (Å²) in [5, 5.41) is 12.0. The van der Waals surface area contributed by atoms with E-state index in [-0.39, 0.29) is 12.2 Å². The number of hydrogen-bond acceptors (Lipinski definition) is 4. The van der Waals surface area contributed by atoms with Crippen molar-refractivity contribution in [3.8, 4) is 29.9 Å². The zero-order chi connectivity index (χ0) is 18.8. The standard InChI is InChI=1S/C21H18N2O3/c1-3-12-26-20-7-5-6-16(14-20)13-17(15-22)21(24)23-18-8-10-19(11-9-18)25-4-2/h1,5-11,13-14H,4,12H2,2H3,(H,23,24)/b17-13-. The molecule has 5 nitrogen and oxygen atoms in total. The molecule has 5 heteroatoms. The number of nitrogens with zero attached hydrogens (tertiary/aromatic N) is 1. The molecule has 0 heterocycles. The summed E-state index contributed by atoms with van der Waals surface area (Å²) in [7, 11) is 0. The van der Waals surface area contributed by atoms with Crippen LogP contribution in [0, 0.1) is 23.7 Å². The van der Waals surface area contributed by atoms with E-state index in [1.54, 1.807) is 48.5 Å². The quantitative estimate of drug-likeness (QED) is 0.472. The number of nitriles is 1. The lowest BCUT2D eigenvalue weighted by Gasteiger charge is -2.07. The Kier molecular flexibility index (Phi) is 6.85. The van der Waals surface area contributed by atoms with Crippen LogP contribution in [0.1, 0.15) is 12.5 Å². The third-order valence-corrected chi connectivity index (χ3v) is 3.28. The van der Waals surface area contributed by atoms with Gasteiger partial charge in [-0.15, -0.1) is 6.42 Å². The van der Waals surface area contributed by atoms with Gasteiger partial charge >= 0.3 is 0 Å². The Labute approximate surface area is 152 Å². The second-order valence-corrected chi connectivity index (χ2v) is 5.15. The summed E-state index contributed by atoms with van der Waals surface area (Å²) in [6, 6.07) is 15.8. The Hall–Kier alpha value is -3.70. The third-order valence-electron chi connectivity index (χ3n) is 3.28. The van der Waals surface area contributed by atoms with Gasteiger partial charge in [0.1, 0.15) is 29.7 Å². The van der Waals surface area contributed by atoms with E-state index in [9.17, 15) is 10.1 Å². The van der Waals surface area contributed by atoms with Crippen LogP contribution >= 0.6 is 0 Å². The van der Waals surface area contributed by atoms with E-state index in [1.165, 1.54) is 6.08 Å². The lowest BCUT2D eigenvalue weighted by atomic mass is 10.1. The topological polar surface area (TPSA) is 71.3 Å². The smallest absolute Gasteiger partial charge is 0.266 e. The van der Waals surface area contributed by atoms with Crippen LogP contribution in [-0.2, 0) is 4.79 Å². The summed E-state index contributed by atoms with van der Waals surface area (Å²) >= 11 is 0. The minimum Gasteiger partial charge on any atom is -0.494 e. The molecule has 0 aliphatic carbocycles. The summed E-state index contributed by atoms with van der Waals surface area (Å²) in [5.41, 5.74) is 1.22. The van der Waals surface area contributed by atoms with Crippen LogP contribution in [0.15, 0.2) is 54.1 Å². The van der Waals surface area contributed by atoms with Gasteiger partial charge in [-0.25, -0.2) is 0 Å². The van der Waals surface area contributed by atoms with Gasteiger partial charge in [0.15, 0.2) is 0 Å². The number of benzene rings is 2. The highest BCUT2D eigenvalue weighted by atomic mass is 16.5. The zero-order valence-electron chi connectivity index (χ0n) is 14.4. The van der Waals surface area contributed by atoms with Crippen LogP contribution in [0.4, 0.5) is 5.69 Å². The van der Waals surface area contributed by atoms with Crippen molar-refractivity contribution in [2.45, 2.75) is 6.92 Å². The maximum atomic E-state index is 12.3. The van der Waals surface area contributed by atoms with E-state index < -0.39 is 5.91 Å². The number of hydrogen-bond donors (Lipinski definition) is 1. The lowest BCUT2D eigenvalue weighted by molar-refractivity contribution is -0.112. The van der Waals surface area contributed by atoms with Gasteiger partial charge in [0.2, 0.25) is 0 Å². The van der Waals surface area contributed by atoms with Crippen molar-refractivity contribution < 1.29 is 14.3 Å². The maximum absolute atomic E-state index is 12.3. The SMILES string of the molecule is C#CCOc1cccc(/C=C(/C#N)C(=O)Nc2ccc(OCC)cc2)c1. The van der Waals surface area contributed by atoms with Crippen LogP contribution in [-0.4, -0.2) is 19.1 Å². The largest absolute Gasteiger partial charge is 0.494 e. The highest BCUT2D eigenvalue weighted by Crippen LogP contribution is 2.18. The molecule has 26 heavy (non-hydrogen) atoms. The Morgan fingerprint density at radius 2 is 1.96 bits per heavy atom. The number of carbonyl (C=O) groups excluding carboxylic acids is 1. The molecular formula is C21H18N2O3. The molecule has 2 aromatic rings. The molecule has 0 bridgehead atoms. The molecule has 0 spiro atoms. The molecule has 0 fully saturated rings. The molecule has 0 aromatic heterocycles. The van der Waals surface area contributed by atoms with Crippen LogP contribution in [0.25, 0.3) is 6.08 Å². The van der Waals surface area contributed by atoms with Crippen LogP contribution in [0.3, 0.4) is 0 Å². The molecule has 1 N–H and O–H groups in total. The Bertz CT molecular complexity index is 871. The molecule has 0 saturated heterocycles. The van der Waals surface area contributed by atoms with Gasteiger partial charge in [0, 0.05) is 5.69 Å². The van der Waals surface area contributed by atoms with Gasteiger partial charge in [-0.3, -0.25) is 4.79 Å². The molecule has 2 rings (SSSR count). The number of ether oxygens (including phenoxy) is 2. The van der Waals surface area contributed by atoms with Crippen molar-refractivity contribution in [2.24, 2.45) is 0 Å². The van der Waals surface area contributed by atoms with E-state index >= 15 is 0 Å². The molecule has 130 valence electrons. The molecule has 0 unspecified atom stereocenters. The Morgan fingerprint density at radius 3 is 2.62 bits per heavy atom. The molecule has 0 aliphatic rings. The van der Waals surface area contributed by atoms with Crippen molar-refractivity contribution >= 4 is 17.7 Å². The molecule has 0 aliphatic heterocycles. The first-order chi connectivity index (χ1) is 12.7. The number of nitrogens with one attached hydrogen (secondary N) is 1. The molecular weight excluding hydrogens is 328 g/mol. The van der Waals surface area contributed by atoms with Crippen LogP contribution in [0.5, 0.6) is 11.5 Å². The predicted octanol–water partition coefficient (Wildman–Crippen LogP) is 3.64. The van der Waals surface area contributed by atoms with Gasteiger partial charge in [0.05, 0.1) is 6.61 Å². The molecule has 2 aromatic carbocycles. The first-order valence-corrected chi connectivity index (χ1v) is 7.98. The van der Waals surface area contributed by atoms with Crippen molar-refractivity contribution in [1.29, 1.82) is 5.26 Å². The molecule has 0 atom stereocenters. The number of rotatable bonds is 7. The molecule has 0 saturated carbocycles. The van der Waals surface area contributed by atoms with Crippen LogP contribution in [0.2, 0.25) is 0 Å². The average molecular weight is 346 g/mol. The summed E-state index contributed by atoms with van der Waals surface area (Å²) in [6.45, 7) is 2.61. The molecule has 0 radical (unpaired) electrons. The van der Waals surface area contributed by atoms with Gasteiger partial charge in [-0.1, -0.05) is 18.1 Å². The van der Waals surface area contributed by atoms with E-state index in [2.05, 4.69) is 11.2 Å². The van der Waals surface area contributed by atoms with Gasteiger partial charge in [0.25, 0.3) is 5.91 Å². The zero-order valence-corrected chi connectivity index (χ0v) is 14.4. The minimum atomic E-state index is -0.494. The summed E-state index contributed by atoms with van der Waals surface area (Å²) in [5.74, 6) is 3.17. The Balaban J connectivity index is 2.11. The highest BCUT2D eigenvalue weighted by molar-refractivity contribution is 6.09. The fourth-order valence-corrected chi connectivity index (χ4v) is 2.13. The van der Waals surface area contributed by atoms with Crippen molar-refractivity contribution in [2.75, 3.05) is 18.5 Å². The number of carbonyl (C=O) groups is 1. The highest BCUT2D eigenvalue weighted by Gasteiger charge is 2.10. The maximum Gasteiger partial charge on any atom is 0.266 e. The second kappa shape index (κ2) is 9.56. The molecule has 1 amide bonds. The van der Waals surface area contributed by atoms with Crippen molar-refractivity contribution in [3.63, 3.8) is 0 Å². The van der Waals surface area contributed by atoms with Gasteiger partial charge in [-0.05, 0) is 55.0 Å². The Morgan fingerprint density at radius 1 is 1.19 bits per heavy atom. The van der Waals surface area contributed by atoms with E-state index in [0.29, 0.717) is 29.4 Å². The number of amides is 1. The summed E-state index contributed by atoms with van der Waals surface area (Å²) in [4.78, 5) is 12.3. The fraction of sp³-hybridized carbons (Fsp3) is 0.143. The minimum absolute atomic E-state index is 0.0204. The third kappa shape index (κ3) is 5.43. The normalized spacial score (nSPS) is 10.3. The van der Waals surface area contributed by atoms with E-state index in [4.69, 9.17) is 15.9 Å². The summed E-state index contributed by atoms with van der Waals surface area (Å²) in [6.07, 6.45) is 6.66. The van der Waals surface area contributed by atoms with Gasteiger partial charge < -0.3 is 14.8 Å². The van der Waals surface area contributed by atoms with E-state index in [0.717, 1.165) is 0 Å². The fourth-order valence-electron chi connectivity index (χ4n) is 2.13. The first-order valence-electron chi connectivity index (χ1n) is 7.98. The first kappa shape index (κ1) is 18.6. The van der Waals surface area contributed by atoms with Crippen LogP contribution < -0.4 is 14.8 Å². The predicted molar refractivity (Wildman–Crippen MR) is 101 cm³/mol. The monoisotopic (exact) mass is 346 g/mol. The van der Waals surface area contributed by atoms with Gasteiger partial charge in [-0.2, -0.15) is 5.26 Å². The van der Waals surface area contributed by atoms with E-state index in [1.807, 2.05) is 13.0 Å².